The third-order valence-electron chi connectivity index (χ3n) is 5.37. The standard InChI is InChI=1S/C18H24N4O2S/c1-14-4-5-17-16(11-14)18(20-13-19-17)22-8-6-21(7-9-22)12-15-3-2-10-25(15,23)24/h4-5,11,13,15H,2-3,6-10,12H2,1H3. The van der Waals surface area contributed by atoms with Crippen molar-refractivity contribution in [2.45, 2.75) is 25.0 Å². The fraction of sp³-hybridized carbons (Fsp3) is 0.556. The molecule has 1 aromatic carbocycles. The molecule has 6 nitrogen and oxygen atoms in total. The zero-order valence-corrected chi connectivity index (χ0v) is 15.4. The Morgan fingerprint density at radius 3 is 2.68 bits per heavy atom. The molecular weight excluding hydrogens is 336 g/mol. The first-order chi connectivity index (χ1) is 12.0. The molecule has 1 atom stereocenters. The van der Waals surface area contributed by atoms with Gasteiger partial charge in [0.25, 0.3) is 0 Å². The summed E-state index contributed by atoms with van der Waals surface area (Å²) in [6.07, 6.45) is 3.27. The van der Waals surface area contributed by atoms with Gasteiger partial charge in [0, 0.05) is 38.1 Å². The number of rotatable bonds is 3. The van der Waals surface area contributed by atoms with E-state index in [2.05, 4.69) is 38.8 Å². The third-order valence-corrected chi connectivity index (χ3v) is 7.62. The number of aromatic nitrogens is 2. The predicted molar refractivity (Wildman–Crippen MR) is 99.7 cm³/mol. The summed E-state index contributed by atoms with van der Waals surface area (Å²) >= 11 is 0. The molecule has 1 aromatic heterocycles. The van der Waals surface area contributed by atoms with Crippen molar-refractivity contribution in [2.24, 2.45) is 0 Å². The average molecular weight is 360 g/mol. The summed E-state index contributed by atoms with van der Waals surface area (Å²) in [6, 6.07) is 6.25. The number of piperazine rings is 1. The molecule has 0 N–H and O–H groups in total. The van der Waals surface area contributed by atoms with Gasteiger partial charge in [-0.15, -0.1) is 0 Å². The number of hydrogen-bond acceptors (Lipinski definition) is 6. The zero-order valence-electron chi connectivity index (χ0n) is 14.6. The minimum atomic E-state index is -2.86. The van der Waals surface area contributed by atoms with Crippen LogP contribution in [0.15, 0.2) is 24.5 Å². The maximum absolute atomic E-state index is 12.0. The summed E-state index contributed by atoms with van der Waals surface area (Å²) in [5.41, 5.74) is 2.17. The second kappa shape index (κ2) is 6.53. The van der Waals surface area contributed by atoms with E-state index in [4.69, 9.17) is 0 Å². The summed E-state index contributed by atoms with van der Waals surface area (Å²) < 4.78 is 24.1. The van der Waals surface area contributed by atoms with Crippen molar-refractivity contribution in [3.63, 3.8) is 0 Å². The van der Waals surface area contributed by atoms with Crippen molar-refractivity contribution in [1.29, 1.82) is 0 Å². The molecule has 3 heterocycles. The second-order valence-electron chi connectivity index (χ2n) is 7.14. The van der Waals surface area contributed by atoms with Crippen molar-refractivity contribution in [3.05, 3.63) is 30.1 Å². The number of anilines is 1. The Kier molecular flexibility index (Phi) is 4.37. The van der Waals surface area contributed by atoms with E-state index in [1.807, 2.05) is 6.07 Å². The van der Waals surface area contributed by atoms with Gasteiger partial charge < -0.3 is 4.90 Å². The van der Waals surface area contributed by atoms with Gasteiger partial charge in [-0.3, -0.25) is 4.90 Å². The van der Waals surface area contributed by atoms with Crippen LogP contribution in [-0.2, 0) is 9.84 Å². The van der Waals surface area contributed by atoms with Gasteiger partial charge in [-0.25, -0.2) is 18.4 Å². The topological polar surface area (TPSA) is 66.4 Å². The van der Waals surface area contributed by atoms with Crippen LogP contribution in [0.2, 0.25) is 0 Å². The van der Waals surface area contributed by atoms with Gasteiger partial charge in [0.2, 0.25) is 0 Å². The Bertz CT molecular complexity index is 876. The Labute approximate surface area is 148 Å². The van der Waals surface area contributed by atoms with Crippen molar-refractivity contribution < 1.29 is 8.42 Å². The molecule has 2 saturated heterocycles. The molecule has 0 bridgehead atoms. The molecule has 0 spiro atoms. The van der Waals surface area contributed by atoms with Gasteiger partial charge in [0.1, 0.15) is 12.1 Å². The molecule has 2 fully saturated rings. The molecule has 0 aliphatic carbocycles. The monoisotopic (exact) mass is 360 g/mol. The molecular formula is C18H24N4O2S. The van der Waals surface area contributed by atoms with Gasteiger partial charge in [-0.2, -0.15) is 0 Å². The van der Waals surface area contributed by atoms with E-state index in [-0.39, 0.29) is 5.25 Å². The normalized spacial score (nSPS) is 24.0. The fourth-order valence-electron chi connectivity index (χ4n) is 3.90. The lowest BCUT2D eigenvalue weighted by Gasteiger charge is -2.36. The smallest absolute Gasteiger partial charge is 0.154 e. The molecule has 0 saturated carbocycles. The molecule has 2 aliphatic rings. The van der Waals surface area contributed by atoms with Crippen molar-refractivity contribution in [2.75, 3.05) is 43.4 Å². The third kappa shape index (κ3) is 3.35. The fourth-order valence-corrected chi connectivity index (χ4v) is 5.77. The van der Waals surface area contributed by atoms with Gasteiger partial charge in [-0.1, -0.05) is 11.6 Å². The largest absolute Gasteiger partial charge is 0.353 e. The summed E-state index contributed by atoms with van der Waals surface area (Å²) in [5, 5.41) is 0.927. The van der Waals surface area contributed by atoms with E-state index in [0.29, 0.717) is 12.3 Å². The van der Waals surface area contributed by atoms with E-state index in [1.54, 1.807) is 6.33 Å². The van der Waals surface area contributed by atoms with Crippen LogP contribution < -0.4 is 4.90 Å². The van der Waals surface area contributed by atoms with Crippen LogP contribution in [0.4, 0.5) is 5.82 Å². The number of hydrogen-bond donors (Lipinski definition) is 0. The van der Waals surface area contributed by atoms with E-state index in [1.165, 1.54) is 5.56 Å². The van der Waals surface area contributed by atoms with Crippen LogP contribution in [0.1, 0.15) is 18.4 Å². The van der Waals surface area contributed by atoms with Crippen LogP contribution in [0, 0.1) is 6.92 Å². The molecule has 0 amide bonds. The Balaban J connectivity index is 1.46. The van der Waals surface area contributed by atoms with E-state index in [0.717, 1.165) is 55.7 Å². The van der Waals surface area contributed by atoms with Crippen LogP contribution in [0.3, 0.4) is 0 Å². The summed E-state index contributed by atoms with van der Waals surface area (Å²) in [4.78, 5) is 13.5. The number of benzene rings is 1. The number of sulfone groups is 1. The number of aryl methyl sites for hydroxylation is 1. The Morgan fingerprint density at radius 2 is 1.96 bits per heavy atom. The molecule has 2 aliphatic heterocycles. The summed E-state index contributed by atoms with van der Waals surface area (Å²) in [6.45, 7) is 6.25. The van der Waals surface area contributed by atoms with E-state index >= 15 is 0 Å². The zero-order chi connectivity index (χ0) is 17.4. The van der Waals surface area contributed by atoms with Gasteiger partial charge in [0.15, 0.2) is 9.84 Å². The molecule has 134 valence electrons. The SMILES string of the molecule is Cc1ccc2ncnc(N3CCN(CC4CCCS4(=O)=O)CC3)c2c1. The highest BCUT2D eigenvalue weighted by molar-refractivity contribution is 7.92. The molecule has 4 rings (SSSR count). The lowest BCUT2D eigenvalue weighted by Crippen LogP contribution is -2.49. The van der Waals surface area contributed by atoms with E-state index < -0.39 is 9.84 Å². The van der Waals surface area contributed by atoms with Crippen LogP contribution in [0.25, 0.3) is 10.9 Å². The minimum absolute atomic E-state index is 0.165. The van der Waals surface area contributed by atoms with Crippen molar-refractivity contribution in [3.8, 4) is 0 Å². The highest BCUT2D eigenvalue weighted by atomic mass is 32.2. The van der Waals surface area contributed by atoms with Crippen LogP contribution >= 0.6 is 0 Å². The van der Waals surface area contributed by atoms with Gasteiger partial charge >= 0.3 is 0 Å². The maximum atomic E-state index is 12.0. The second-order valence-corrected chi connectivity index (χ2v) is 9.54. The van der Waals surface area contributed by atoms with Crippen LogP contribution in [0.5, 0.6) is 0 Å². The summed E-state index contributed by atoms with van der Waals surface area (Å²) in [7, 11) is -2.86. The number of nitrogens with zero attached hydrogens (tertiary/aromatic N) is 4. The molecule has 25 heavy (non-hydrogen) atoms. The lowest BCUT2D eigenvalue weighted by atomic mass is 10.1. The first-order valence-electron chi connectivity index (χ1n) is 8.93. The summed E-state index contributed by atoms with van der Waals surface area (Å²) in [5.74, 6) is 1.35. The van der Waals surface area contributed by atoms with E-state index in [9.17, 15) is 8.42 Å². The van der Waals surface area contributed by atoms with Gasteiger partial charge in [-0.05, 0) is 31.9 Å². The molecule has 0 radical (unpaired) electrons. The quantitative estimate of drug-likeness (QED) is 0.829. The van der Waals surface area contributed by atoms with Crippen molar-refractivity contribution >= 4 is 26.6 Å². The Hall–Kier alpha value is -1.73. The minimum Gasteiger partial charge on any atom is -0.353 e. The average Bonchev–Trinajstić information content (AvgIpc) is 2.93. The van der Waals surface area contributed by atoms with Gasteiger partial charge in [0.05, 0.1) is 16.5 Å². The molecule has 1 unspecified atom stereocenters. The number of fused-ring (bicyclic) bond motifs is 1. The first kappa shape index (κ1) is 16.7. The van der Waals surface area contributed by atoms with Crippen LogP contribution in [-0.4, -0.2) is 67.0 Å². The lowest BCUT2D eigenvalue weighted by molar-refractivity contribution is 0.255. The Morgan fingerprint density at radius 1 is 1.16 bits per heavy atom. The predicted octanol–water partition coefficient (Wildman–Crippen LogP) is 1.64. The molecule has 7 heteroatoms. The van der Waals surface area contributed by atoms with Crippen molar-refractivity contribution in [1.82, 2.24) is 14.9 Å². The maximum Gasteiger partial charge on any atom is 0.154 e. The molecule has 2 aromatic rings. The highest BCUT2D eigenvalue weighted by Crippen LogP contribution is 2.26. The first-order valence-corrected chi connectivity index (χ1v) is 10.6. The highest BCUT2D eigenvalue weighted by Gasteiger charge is 2.33.